The molecule has 0 radical (unpaired) electrons. The predicted molar refractivity (Wildman–Crippen MR) is 79.6 cm³/mol. The molecule has 116 valence electrons. The van der Waals surface area contributed by atoms with Gasteiger partial charge in [0.1, 0.15) is 0 Å². The number of hydrogen-bond donors (Lipinski definition) is 2. The van der Waals surface area contributed by atoms with Gasteiger partial charge in [0.2, 0.25) is 10.0 Å². The Labute approximate surface area is 131 Å². The molecule has 0 aliphatic carbocycles. The number of aliphatic hydroxyl groups excluding tert-OH is 1. The zero-order chi connectivity index (χ0) is 15.8. The zero-order valence-corrected chi connectivity index (χ0v) is 13.8. The molecule has 1 aliphatic rings. The van der Waals surface area contributed by atoms with E-state index in [1.54, 1.807) is 0 Å². The van der Waals surface area contributed by atoms with Crippen LogP contribution in [0.25, 0.3) is 0 Å². The van der Waals surface area contributed by atoms with Crippen LogP contribution in [0.15, 0.2) is 27.6 Å². The van der Waals surface area contributed by atoms with Crippen molar-refractivity contribution in [2.45, 2.75) is 24.3 Å². The van der Waals surface area contributed by atoms with Crippen molar-refractivity contribution in [3.63, 3.8) is 0 Å². The highest BCUT2D eigenvalue weighted by atomic mass is 79.9. The molecule has 0 spiro atoms. The van der Waals surface area contributed by atoms with E-state index in [1.807, 2.05) is 6.92 Å². The first-order chi connectivity index (χ1) is 9.78. The minimum Gasteiger partial charge on any atom is -0.478 e. The number of aliphatic hydroxyl groups is 1. The third kappa shape index (κ3) is 2.98. The molecule has 0 amide bonds. The molecule has 0 aromatic heterocycles. The average molecular weight is 378 g/mol. The number of aromatic carboxylic acids is 1. The standard InChI is InChI=1S/C13H16BrNO5S/c1-8-4-5-15(12(8)7-16)21(19,20)9-2-3-11(14)10(6-9)13(17)18/h2-3,6,8,12,16H,4-5,7H2,1H3,(H,17,18). The molecule has 1 aliphatic heterocycles. The van der Waals surface area contributed by atoms with Crippen LogP contribution in [-0.2, 0) is 10.0 Å². The van der Waals surface area contributed by atoms with Gasteiger partial charge in [0, 0.05) is 11.0 Å². The molecular formula is C13H16BrNO5S. The lowest BCUT2D eigenvalue weighted by Crippen LogP contribution is -2.39. The molecule has 2 N–H and O–H groups in total. The van der Waals surface area contributed by atoms with E-state index in [1.165, 1.54) is 16.4 Å². The summed E-state index contributed by atoms with van der Waals surface area (Å²) in [6, 6.07) is 3.44. The number of carboxylic acid groups (broad SMARTS) is 1. The van der Waals surface area contributed by atoms with Crippen molar-refractivity contribution in [1.82, 2.24) is 4.31 Å². The molecule has 0 bridgehead atoms. The molecule has 2 rings (SSSR count). The van der Waals surface area contributed by atoms with Crippen LogP contribution < -0.4 is 0 Å². The quantitative estimate of drug-likeness (QED) is 0.829. The van der Waals surface area contributed by atoms with Gasteiger partial charge in [-0.2, -0.15) is 4.31 Å². The van der Waals surface area contributed by atoms with Crippen LogP contribution in [0.5, 0.6) is 0 Å². The lowest BCUT2D eigenvalue weighted by molar-refractivity contribution is 0.0695. The number of carboxylic acids is 1. The van der Waals surface area contributed by atoms with Crippen molar-refractivity contribution in [2.24, 2.45) is 5.92 Å². The molecule has 0 saturated carbocycles. The predicted octanol–water partition coefficient (Wildman–Crippen LogP) is 1.54. The maximum atomic E-state index is 12.6. The van der Waals surface area contributed by atoms with Gasteiger partial charge in [-0.3, -0.25) is 0 Å². The first kappa shape index (κ1) is 16.4. The Hall–Kier alpha value is -0.960. The number of sulfonamides is 1. The molecule has 2 atom stereocenters. The van der Waals surface area contributed by atoms with E-state index >= 15 is 0 Å². The average Bonchev–Trinajstić information content (AvgIpc) is 2.80. The second-order valence-electron chi connectivity index (χ2n) is 5.08. The third-order valence-electron chi connectivity index (χ3n) is 3.79. The molecule has 6 nitrogen and oxygen atoms in total. The fraction of sp³-hybridized carbons (Fsp3) is 0.462. The number of hydrogen-bond acceptors (Lipinski definition) is 4. The van der Waals surface area contributed by atoms with Crippen LogP contribution in [0.2, 0.25) is 0 Å². The summed E-state index contributed by atoms with van der Waals surface area (Å²) >= 11 is 3.09. The minimum atomic E-state index is -3.82. The van der Waals surface area contributed by atoms with Crippen LogP contribution in [0.4, 0.5) is 0 Å². The summed E-state index contributed by atoms with van der Waals surface area (Å²) in [6.07, 6.45) is 0.673. The van der Waals surface area contributed by atoms with E-state index in [0.717, 1.165) is 6.07 Å². The summed E-state index contributed by atoms with van der Waals surface area (Å²) in [6.45, 7) is 1.97. The van der Waals surface area contributed by atoms with Gasteiger partial charge < -0.3 is 10.2 Å². The van der Waals surface area contributed by atoms with Crippen LogP contribution in [0.3, 0.4) is 0 Å². The van der Waals surface area contributed by atoms with Crippen molar-refractivity contribution in [3.8, 4) is 0 Å². The van der Waals surface area contributed by atoms with Gasteiger partial charge in [0.05, 0.1) is 23.1 Å². The number of nitrogens with zero attached hydrogens (tertiary/aromatic N) is 1. The van der Waals surface area contributed by atoms with E-state index in [0.29, 0.717) is 17.4 Å². The highest BCUT2D eigenvalue weighted by Crippen LogP contribution is 2.31. The summed E-state index contributed by atoms with van der Waals surface area (Å²) < 4.78 is 26.9. The van der Waals surface area contributed by atoms with E-state index < -0.39 is 22.0 Å². The maximum absolute atomic E-state index is 12.6. The summed E-state index contributed by atoms with van der Waals surface area (Å²) in [7, 11) is -3.82. The minimum absolute atomic E-state index is 0.0687. The van der Waals surface area contributed by atoms with E-state index in [-0.39, 0.29) is 23.0 Å². The van der Waals surface area contributed by atoms with Crippen LogP contribution in [0, 0.1) is 5.92 Å². The van der Waals surface area contributed by atoms with Gasteiger partial charge in [-0.25, -0.2) is 13.2 Å². The Morgan fingerprint density at radius 2 is 2.14 bits per heavy atom. The smallest absolute Gasteiger partial charge is 0.336 e. The topological polar surface area (TPSA) is 94.9 Å². The van der Waals surface area contributed by atoms with Crippen molar-refractivity contribution >= 4 is 31.9 Å². The zero-order valence-electron chi connectivity index (χ0n) is 11.4. The fourth-order valence-electron chi connectivity index (χ4n) is 2.51. The summed E-state index contributed by atoms with van der Waals surface area (Å²) in [5, 5.41) is 18.5. The first-order valence-corrected chi connectivity index (χ1v) is 8.68. The van der Waals surface area contributed by atoms with Crippen molar-refractivity contribution < 1.29 is 23.4 Å². The number of benzene rings is 1. The Morgan fingerprint density at radius 3 is 2.71 bits per heavy atom. The summed E-state index contributed by atoms with van der Waals surface area (Å²) in [5.41, 5.74) is -0.108. The number of halogens is 1. The van der Waals surface area contributed by atoms with E-state index in [2.05, 4.69) is 15.9 Å². The van der Waals surface area contributed by atoms with Gasteiger partial charge in [-0.05, 0) is 46.5 Å². The van der Waals surface area contributed by atoms with Crippen LogP contribution in [0.1, 0.15) is 23.7 Å². The highest BCUT2D eigenvalue weighted by Gasteiger charge is 2.39. The van der Waals surface area contributed by atoms with Crippen molar-refractivity contribution in [1.29, 1.82) is 0 Å². The Kier molecular flexibility index (Phi) is 4.72. The summed E-state index contributed by atoms with van der Waals surface area (Å²) in [4.78, 5) is 11.0. The molecule has 1 saturated heterocycles. The lowest BCUT2D eigenvalue weighted by atomic mass is 10.0. The van der Waals surface area contributed by atoms with E-state index in [9.17, 15) is 18.3 Å². The molecule has 2 unspecified atom stereocenters. The van der Waals surface area contributed by atoms with Crippen molar-refractivity contribution in [3.05, 3.63) is 28.2 Å². The van der Waals surface area contributed by atoms with Gasteiger partial charge in [0.15, 0.2) is 0 Å². The molecule has 1 aromatic carbocycles. The van der Waals surface area contributed by atoms with Gasteiger partial charge in [-0.1, -0.05) is 6.92 Å². The number of rotatable bonds is 4. The monoisotopic (exact) mass is 377 g/mol. The van der Waals surface area contributed by atoms with Gasteiger partial charge >= 0.3 is 5.97 Å². The third-order valence-corrected chi connectivity index (χ3v) is 6.41. The first-order valence-electron chi connectivity index (χ1n) is 6.44. The molecule has 1 aromatic rings. The van der Waals surface area contributed by atoms with Gasteiger partial charge in [-0.15, -0.1) is 0 Å². The SMILES string of the molecule is CC1CCN(S(=O)(=O)c2ccc(Br)c(C(=O)O)c2)C1CO. The maximum Gasteiger partial charge on any atom is 0.336 e. The van der Waals surface area contributed by atoms with Gasteiger partial charge in [0.25, 0.3) is 0 Å². The number of carbonyl (C=O) groups is 1. The van der Waals surface area contributed by atoms with Crippen molar-refractivity contribution in [2.75, 3.05) is 13.2 Å². The second-order valence-corrected chi connectivity index (χ2v) is 7.82. The largest absolute Gasteiger partial charge is 0.478 e. The fourth-order valence-corrected chi connectivity index (χ4v) is 4.68. The molecule has 8 heteroatoms. The summed E-state index contributed by atoms with van der Waals surface area (Å²) in [5.74, 6) is -1.13. The molecular weight excluding hydrogens is 362 g/mol. The van der Waals surface area contributed by atoms with Crippen LogP contribution >= 0.6 is 15.9 Å². The molecule has 1 heterocycles. The highest BCUT2D eigenvalue weighted by molar-refractivity contribution is 9.10. The Bertz CT molecular complexity index is 661. The molecule has 1 fully saturated rings. The Morgan fingerprint density at radius 1 is 1.48 bits per heavy atom. The van der Waals surface area contributed by atoms with Crippen LogP contribution in [-0.4, -0.2) is 48.1 Å². The van der Waals surface area contributed by atoms with E-state index in [4.69, 9.17) is 5.11 Å². The second kappa shape index (κ2) is 6.04. The normalized spacial score (nSPS) is 23.4. The lowest BCUT2D eigenvalue weighted by Gasteiger charge is -2.24. The molecule has 21 heavy (non-hydrogen) atoms. The Balaban J connectivity index is 2.45.